The van der Waals surface area contributed by atoms with Gasteiger partial charge in [-0.15, -0.1) is 0 Å². The Morgan fingerprint density at radius 3 is 2.59 bits per heavy atom. The molecule has 0 radical (unpaired) electrons. The van der Waals surface area contributed by atoms with Crippen molar-refractivity contribution >= 4 is 17.6 Å². The highest BCUT2D eigenvalue weighted by molar-refractivity contribution is 6.30. The van der Waals surface area contributed by atoms with Crippen molar-refractivity contribution in [3.63, 3.8) is 0 Å². The second kappa shape index (κ2) is 7.48. The van der Waals surface area contributed by atoms with E-state index in [1.165, 1.54) is 13.8 Å². The highest BCUT2D eigenvalue weighted by Crippen LogP contribution is 2.43. The first kappa shape index (κ1) is 20.6. The molecule has 0 amide bonds. The van der Waals surface area contributed by atoms with Gasteiger partial charge in [0.2, 0.25) is 5.88 Å². The predicted molar refractivity (Wildman–Crippen MR) is 86.4 cm³/mol. The molecule has 0 aliphatic carbocycles. The van der Waals surface area contributed by atoms with Gasteiger partial charge in [-0.05, 0) is 26.0 Å². The molecule has 1 atom stereocenters. The number of benzene rings is 1. The van der Waals surface area contributed by atoms with Crippen LogP contribution in [0.4, 0.5) is 17.6 Å². The fourth-order valence-corrected chi connectivity index (χ4v) is 2.88. The first-order valence-electron chi connectivity index (χ1n) is 7.54. The van der Waals surface area contributed by atoms with Crippen molar-refractivity contribution in [2.45, 2.75) is 25.9 Å². The number of rotatable bonds is 3. The molecule has 1 heterocycles. The van der Waals surface area contributed by atoms with Gasteiger partial charge in [-0.1, -0.05) is 11.6 Å². The molecular formula is C17H13ClF4N2O3. The molecule has 0 fully saturated rings. The van der Waals surface area contributed by atoms with Crippen LogP contribution in [0, 0.1) is 17.1 Å². The van der Waals surface area contributed by atoms with Crippen molar-refractivity contribution in [3.8, 4) is 6.07 Å². The zero-order valence-corrected chi connectivity index (χ0v) is 14.8. The lowest BCUT2D eigenvalue weighted by atomic mass is 9.82. The molecule has 1 aliphatic heterocycles. The molecule has 144 valence electrons. The molecule has 0 saturated carbocycles. The van der Waals surface area contributed by atoms with Crippen LogP contribution in [0.3, 0.4) is 0 Å². The number of hydrogen-bond acceptors (Lipinski definition) is 5. The number of carbonyl (C=O) groups is 1. The fraction of sp³-hybridized carbons (Fsp3) is 0.294. The Balaban J connectivity index is 2.81. The van der Waals surface area contributed by atoms with E-state index in [9.17, 15) is 27.6 Å². The highest BCUT2D eigenvalue weighted by Gasteiger charge is 2.40. The largest absolute Gasteiger partial charge is 0.463 e. The van der Waals surface area contributed by atoms with Crippen LogP contribution >= 0.6 is 11.6 Å². The van der Waals surface area contributed by atoms with Gasteiger partial charge in [0.05, 0.1) is 28.7 Å². The maximum atomic E-state index is 14.7. The summed E-state index contributed by atoms with van der Waals surface area (Å²) in [5, 5.41) is 8.56. The van der Waals surface area contributed by atoms with E-state index in [4.69, 9.17) is 26.8 Å². The fourth-order valence-electron chi connectivity index (χ4n) is 2.65. The standard InChI is InChI=1S/C17H13ClF4N2O3/c1-3-26-16(25)12-7(2)27-15(24)10(6-23)13(12)9-4-8(17(20,21)22)5-11(18)14(9)19/h4-5,13H,3,24H2,1-2H3. The number of allylic oxidation sites excluding steroid dienone is 2. The van der Waals surface area contributed by atoms with Crippen molar-refractivity contribution in [2.24, 2.45) is 5.73 Å². The minimum atomic E-state index is -4.83. The molecule has 10 heteroatoms. The SMILES string of the molecule is CCOC(=O)C1=C(C)OC(N)=C(C#N)C1c1cc(C(F)(F)F)cc(Cl)c1F. The molecule has 0 bridgehead atoms. The molecule has 2 N–H and O–H groups in total. The van der Waals surface area contributed by atoms with Crippen LogP contribution < -0.4 is 5.73 Å². The topological polar surface area (TPSA) is 85.3 Å². The second-order valence-electron chi connectivity index (χ2n) is 5.47. The Morgan fingerprint density at radius 2 is 2.07 bits per heavy atom. The number of nitriles is 1. The number of nitrogens with zero attached hydrogens (tertiary/aromatic N) is 1. The number of alkyl halides is 3. The molecule has 1 aromatic carbocycles. The molecule has 1 unspecified atom stereocenters. The van der Waals surface area contributed by atoms with Gasteiger partial charge in [0, 0.05) is 5.56 Å². The normalized spacial score (nSPS) is 17.5. The molecule has 0 saturated heterocycles. The van der Waals surface area contributed by atoms with Crippen LogP contribution in [0.2, 0.25) is 5.02 Å². The summed E-state index contributed by atoms with van der Waals surface area (Å²) in [6.07, 6.45) is -4.83. The van der Waals surface area contributed by atoms with Gasteiger partial charge in [-0.3, -0.25) is 0 Å². The van der Waals surface area contributed by atoms with E-state index in [0.29, 0.717) is 12.1 Å². The van der Waals surface area contributed by atoms with Crippen molar-refractivity contribution in [3.05, 3.63) is 56.9 Å². The Labute approximate surface area is 156 Å². The summed E-state index contributed by atoms with van der Waals surface area (Å²) < 4.78 is 64.1. The summed E-state index contributed by atoms with van der Waals surface area (Å²) in [7, 11) is 0. The van der Waals surface area contributed by atoms with E-state index in [0.717, 1.165) is 0 Å². The molecule has 5 nitrogen and oxygen atoms in total. The third-order valence-corrected chi connectivity index (χ3v) is 4.07. The van der Waals surface area contributed by atoms with E-state index in [1.54, 1.807) is 6.07 Å². The Hall–Kier alpha value is -2.73. The zero-order chi connectivity index (χ0) is 20.5. The lowest BCUT2D eigenvalue weighted by Crippen LogP contribution is -2.26. The summed E-state index contributed by atoms with van der Waals surface area (Å²) >= 11 is 5.63. The summed E-state index contributed by atoms with van der Waals surface area (Å²) in [5.74, 6) is -4.34. The van der Waals surface area contributed by atoms with Gasteiger partial charge in [0.1, 0.15) is 23.2 Å². The smallest absolute Gasteiger partial charge is 0.416 e. The molecule has 1 aromatic rings. The van der Waals surface area contributed by atoms with Crippen LogP contribution in [-0.4, -0.2) is 12.6 Å². The summed E-state index contributed by atoms with van der Waals surface area (Å²) in [4.78, 5) is 12.3. The van der Waals surface area contributed by atoms with E-state index in [-0.39, 0.29) is 17.9 Å². The Kier molecular flexibility index (Phi) is 5.70. The van der Waals surface area contributed by atoms with E-state index in [1.807, 2.05) is 0 Å². The van der Waals surface area contributed by atoms with Gasteiger partial charge in [0.25, 0.3) is 0 Å². The average Bonchev–Trinajstić information content (AvgIpc) is 2.55. The third-order valence-electron chi connectivity index (χ3n) is 3.80. The van der Waals surface area contributed by atoms with Gasteiger partial charge >= 0.3 is 12.1 Å². The molecule has 27 heavy (non-hydrogen) atoms. The number of halogens is 5. The van der Waals surface area contributed by atoms with Gasteiger partial charge in [-0.25, -0.2) is 9.18 Å². The lowest BCUT2D eigenvalue weighted by molar-refractivity contribution is -0.139. The first-order chi connectivity index (χ1) is 12.5. The number of carbonyl (C=O) groups excluding carboxylic acids is 1. The average molecular weight is 405 g/mol. The minimum Gasteiger partial charge on any atom is -0.463 e. The highest BCUT2D eigenvalue weighted by atomic mass is 35.5. The minimum absolute atomic E-state index is 0.0603. The summed E-state index contributed by atoms with van der Waals surface area (Å²) in [6.45, 7) is 2.74. The van der Waals surface area contributed by atoms with Crippen molar-refractivity contribution < 1.29 is 31.8 Å². The van der Waals surface area contributed by atoms with Gasteiger partial charge in [-0.2, -0.15) is 18.4 Å². The Morgan fingerprint density at radius 1 is 1.44 bits per heavy atom. The molecule has 2 rings (SSSR count). The first-order valence-corrected chi connectivity index (χ1v) is 7.92. The van der Waals surface area contributed by atoms with Crippen LogP contribution in [0.25, 0.3) is 0 Å². The van der Waals surface area contributed by atoms with Crippen molar-refractivity contribution in [1.29, 1.82) is 5.26 Å². The van der Waals surface area contributed by atoms with Gasteiger partial charge < -0.3 is 15.2 Å². The van der Waals surface area contributed by atoms with Gasteiger partial charge in [0.15, 0.2) is 0 Å². The number of ether oxygens (including phenoxy) is 2. The molecule has 1 aliphatic rings. The number of hydrogen-bond donors (Lipinski definition) is 1. The summed E-state index contributed by atoms with van der Waals surface area (Å²) in [5.41, 5.74) is 2.98. The van der Waals surface area contributed by atoms with E-state index in [2.05, 4.69) is 0 Å². The maximum absolute atomic E-state index is 14.7. The van der Waals surface area contributed by atoms with Crippen LogP contribution in [0.1, 0.15) is 30.9 Å². The van der Waals surface area contributed by atoms with E-state index < -0.39 is 51.5 Å². The quantitative estimate of drug-likeness (QED) is 0.604. The number of nitrogens with two attached hydrogens (primary N) is 1. The van der Waals surface area contributed by atoms with E-state index >= 15 is 0 Å². The number of esters is 1. The molecule has 0 aromatic heterocycles. The molecule has 0 spiro atoms. The zero-order valence-electron chi connectivity index (χ0n) is 14.1. The predicted octanol–water partition coefficient (Wildman–Crippen LogP) is 4.14. The van der Waals surface area contributed by atoms with Crippen molar-refractivity contribution in [1.82, 2.24) is 0 Å². The third kappa shape index (κ3) is 3.85. The van der Waals surface area contributed by atoms with Crippen LogP contribution in [0.5, 0.6) is 0 Å². The second-order valence-corrected chi connectivity index (χ2v) is 5.88. The molecular weight excluding hydrogens is 392 g/mol. The lowest BCUT2D eigenvalue weighted by Gasteiger charge is -2.27. The maximum Gasteiger partial charge on any atom is 0.416 e. The Bertz CT molecular complexity index is 901. The van der Waals surface area contributed by atoms with Crippen LogP contribution in [0.15, 0.2) is 34.9 Å². The van der Waals surface area contributed by atoms with Crippen molar-refractivity contribution in [2.75, 3.05) is 6.61 Å². The van der Waals surface area contributed by atoms with Crippen LogP contribution in [-0.2, 0) is 20.4 Å². The summed E-state index contributed by atoms with van der Waals surface area (Å²) in [6, 6.07) is 2.55. The monoisotopic (exact) mass is 404 g/mol.